The molecule has 0 atom stereocenters. The summed E-state index contributed by atoms with van der Waals surface area (Å²) in [6.07, 6.45) is 5.34. The first-order valence-corrected chi connectivity index (χ1v) is 12.5. The Morgan fingerprint density at radius 2 is 1.73 bits per heavy atom. The first-order valence-electron chi connectivity index (χ1n) is 11.0. The van der Waals surface area contributed by atoms with Gasteiger partial charge in [-0.25, -0.2) is 8.42 Å². The quantitative estimate of drug-likeness (QED) is 0.491. The summed E-state index contributed by atoms with van der Waals surface area (Å²) in [4.78, 5) is 27.6. The minimum Gasteiger partial charge on any atom is -0.456 e. The number of amides is 1. The molecule has 1 amide bonds. The number of hydrogen-bond donors (Lipinski definition) is 2. The molecular formula is C24H27N3O5S. The zero-order chi connectivity index (χ0) is 23.3. The van der Waals surface area contributed by atoms with Crippen molar-refractivity contribution in [3.05, 3.63) is 60.3 Å². The predicted molar refractivity (Wildman–Crippen MR) is 125 cm³/mol. The molecule has 0 unspecified atom stereocenters. The molecule has 1 aliphatic rings. The number of H-pyrrole nitrogens is 1. The summed E-state index contributed by atoms with van der Waals surface area (Å²) in [6.45, 7) is 0.666. The second-order valence-corrected chi connectivity index (χ2v) is 10.00. The molecule has 4 rings (SSSR count). The maximum atomic E-state index is 12.7. The van der Waals surface area contributed by atoms with Gasteiger partial charge in [0.05, 0.1) is 4.90 Å². The first-order chi connectivity index (χ1) is 15.9. The first kappa shape index (κ1) is 23.0. The summed E-state index contributed by atoms with van der Waals surface area (Å²) in [6, 6.07) is 13.9. The van der Waals surface area contributed by atoms with E-state index in [4.69, 9.17) is 4.74 Å². The molecule has 0 saturated carbocycles. The van der Waals surface area contributed by atoms with Crippen molar-refractivity contribution in [1.29, 1.82) is 0 Å². The molecule has 2 aromatic carbocycles. The third kappa shape index (κ3) is 5.61. The second-order valence-electron chi connectivity index (χ2n) is 8.06. The number of para-hydroxylation sites is 1. The van der Waals surface area contributed by atoms with Crippen molar-refractivity contribution in [2.75, 3.05) is 25.0 Å². The number of aromatic amines is 1. The Morgan fingerprint density at radius 1 is 1.00 bits per heavy atom. The maximum absolute atomic E-state index is 12.7. The number of sulfonamides is 1. The summed E-state index contributed by atoms with van der Waals surface area (Å²) >= 11 is 0. The fourth-order valence-electron chi connectivity index (χ4n) is 3.96. The van der Waals surface area contributed by atoms with Gasteiger partial charge in [-0.05, 0) is 55.2 Å². The number of fused-ring (bicyclic) bond motifs is 1. The van der Waals surface area contributed by atoms with Crippen molar-refractivity contribution < 1.29 is 22.7 Å². The Balaban J connectivity index is 1.24. The van der Waals surface area contributed by atoms with Crippen LogP contribution < -0.4 is 5.32 Å². The van der Waals surface area contributed by atoms with E-state index >= 15 is 0 Å². The SMILES string of the molecule is O=C(COC(=O)CCc1c[nH]c2ccccc12)Nc1ccc(S(=O)(=O)N2CCCCC2)cc1. The molecule has 1 saturated heterocycles. The van der Waals surface area contributed by atoms with E-state index < -0.39 is 28.5 Å². The highest BCUT2D eigenvalue weighted by Crippen LogP contribution is 2.22. The summed E-state index contributed by atoms with van der Waals surface area (Å²) in [5, 5.41) is 3.68. The van der Waals surface area contributed by atoms with Gasteiger partial charge in [-0.15, -0.1) is 0 Å². The van der Waals surface area contributed by atoms with Gasteiger partial charge in [-0.2, -0.15) is 4.31 Å². The van der Waals surface area contributed by atoms with Gasteiger partial charge in [-0.3, -0.25) is 9.59 Å². The van der Waals surface area contributed by atoms with Gasteiger partial charge >= 0.3 is 5.97 Å². The van der Waals surface area contributed by atoms with E-state index in [0.29, 0.717) is 25.2 Å². The number of nitrogens with zero attached hydrogens (tertiary/aromatic N) is 1. The summed E-state index contributed by atoms with van der Waals surface area (Å²) in [7, 11) is -3.52. The number of ether oxygens (including phenoxy) is 1. The van der Waals surface area contributed by atoms with Crippen LogP contribution >= 0.6 is 0 Å². The number of rotatable bonds is 8. The van der Waals surface area contributed by atoms with Gasteiger partial charge in [-0.1, -0.05) is 24.6 Å². The van der Waals surface area contributed by atoms with Crippen molar-refractivity contribution in [2.45, 2.75) is 37.0 Å². The van der Waals surface area contributed by atoms with E-state index in [9.17, 15) is 18.0 Å². The van der Waals surface area contributed by atoms with E-state index in [1.165, 1.54) is 28.6 Å². The number of aryl methyl sites for hydroxylation is 1. The van der Waals surface area contributed by atoms with Crippen LogP contribution in [0.5, 0.6) is 0 Å². The largest absolute Gasteiger partial charge is 0.456 e. The molecule has 9 heteroatoms. The standard InChI is InChI=1S/C24H27N3O5S/c28-23(17-32-24(29)13-8-18-16-25-22-7-3-2-6-21(18)22)26-19-9-11-20(12-10-19)33(30,31)27-14-4-1-5-15-27/h2-3,6-7,9-12,16,25H,1,4-5,8,13-15,17H2,(H,26,28). The molecule has 0 aliphatic carbocycles. The Morgan fingerprint density at radius 3 is 2.48 bits per heavy atom. The van der Waals surface area contributed by atoms with Crippen LogP contribution in [0.25, 0.3) is 10.9 Å². The molecule has 0 radical (unpaired) electrons. The summed E-state index contributed by atoms with van der Waals surface area (Å²) in [5.41, 5.74) is 2.47. The lowest BCUT2D eigenvalue weighted by Gasteiger charge is -2.25. The fourth-order valence-corrected chi connectivity index (χ4v) is 5.47. The van der Waals surface area contributed by atoms with Crippen molar-refractivity contribution in [2.24, 2.45) is 0 Å². The normalized spacial score (nSPS) is 14.8. The van der Waals surface area contributed by atoms with Crippen LogP contribution in [-0.4, -0.2) is 49.3 Å². The summed E-state index contributed by atoms with van der Waals surface area (Å²) in [5.74, 6) is -0.944. The molecular weight excluding hydrogens is 442 g/mol. The predicted octanol–water partition coefficient (Wildman–Crippen LogP) is 3.46. The third-order valence-electron chi connectivity index (χ3n) is 5.73. The number of carbonyl (C=O) groups excluding carboxylic acids is 2. The van der Waals surface area contributed by atoms with E-state index in [-0.39, 0.29) is 11.3 Å². The Bertz CT molecular complexity index is 1230. The fraction of sp³-hybridized carbons (Fsp3) is 0.333. The van der Waals surface area contributed by atoms with Gasteiger partial charge in [0.25, 0.3) is 5.91 Å². The zero-order valence-electron chi connectivity index (χ0n) is 18.2. The Hall–Kier alpha value is -3.17. The molecule has 2 heterocycles. The van der Waals surface area contributed by atoms with Crippen LogP contribution in [0.4, 0.5) is 5.69 Å². The molecule has 1 aliphatic heterocycles. The zero-order valence-corrected chi connectivity index (χ0v) is 19.1. The number of carbonyl (C=O) groups is 2. The van der Waals surface area contributed by atoms with Crippen LogP contribution in [0.1, 0.15) is 31.2 Å². The summed E-state index contributed by atoms with van der Waals surface area (Å²) < 4.78 is 32.0. The highest BCUT2D eigenvalue weighted by molar-refractivity contribution is 7.89. The monoisotopic (exact) mass is 469 g/mol. The van der Waals surface area contributed by atoms with Crippen LogP contribution in [0.2, 0.25) is 0 Å². The number of anilines is 1. The maximum Gasteiger partial charge on any atom is 0.306 e. The molecule has 0 bridgehead atoms. The van der Waals surface area contributed by atoms with Crippen molar-refractivity contribution in [3.8, 4) is 0 Å². The van der Waals surface area contributed by atoms with Crippen LogP contribution in [0.3, 0.4) is 0 Å². The minimum absolute atomic E-state index is 0.165. The number of nitrogens with one attached hydrogen (secondary N) is 2. The molecule has 8 nitrogen and oxygen atoms in total. The lowest BCUT2D eigenvalue weighted by molar-refractivity contribution is -0.147. The van der Waals surface area contributed by atoms with E-state index in [1.807, 2.05) is 30.5 Å². The van der Waals surface area contributed by atoms with Crippen molar-refractivity contribution >= 4 is 38.5 Å². The van der Waals surface area contributed by atoms with Gasteiger partial charge in [0, 0.05) is 42.3 Å². The van der Waals surface area contributed by atoms with Crippen LogP contribution in [0, 0.1) is 0 Å². The lowest BCUT2D eigenvalue weighted by Crippen LogP contribution is -2.35. The van der Waals surface area contributed by atoms with Crippen LogP contribution in [0.15, 0.2) is 59.6 Å². The van der Waals surface area contributed by atoms with Crippen molar-refractivity contribution in [1.82, 2.24) is 9.29 Å². The van der Waals surface area contributed by atoms with E-state index in [1.54, 1.807) is 0 Å². The number of esters is 1. The van der Waals surface area contributed by atoms with Gasteiger partial charge in [0.2, 0.25) is 10.0 Å². The third-order valence-corrected chi connectivity index (χ3v) is 7.64. The molecule has 33 heavy (non-hydrogen) atoms. The number of benzene rings is 2. The Kier molecular flexibility index (Phi) is 7.10. The molecule has 3 aromatic rings. The van der Waals surface area contributed by atoms with Crippen molar-refractivity contribution in [3.63, 3.8) is 0 Å². The topological polar surface area (TPSA) is 109 Å². The molecule has 1 fully saturated rings. The lowest BCUT2D eigenvalue weighted by atomic mass is 10.1. The van der Waals surface area contributed by atoms with Gasteiger partial charge < -0.3 is 15.0 Å². The average Bonchev–Trinajstić information content (AvgIpc) is 3.25. The Labute approximate surface area is 193 Å². The molecule has 174 valence electrons. The molecule has 1 aromatic heterocycles. The van der Waals surface area contributed by atoms with E-state index in [0.717, 1.165) is 35.7 Å². The van der Waals surface area contributed by atoms with Gasteiger partial charge in [0.1, 0.15) is 0 Å². The second kappa shape index (κ2) is 10.2. The minimum atomic E-state index is -3.52. The highest BCUT2D eigenvalue weighted by atomic mass is 32.2. The smallest absolute Gasteiger partial charge is 0.306 e. The van der Waals surface area contributed by atoms with E-state index in [2.05, 4.69) is 10.3 Å². The molecule has 2 N–H and O–H groups in total. The van der Waals surface area contributed by atoms with Crippen LogP contribution in [-0.2, 0) is 30.8 Å². The van der Waals surface area contributed by atoms with Gasteiger partial charge in [0.15, 0.2) is 6.61 Å². The number of aromatic nitrogens is 1. The number of piperidine rings is 1. The highest BCUT2D eigenvalue weighted by Gasteiger charge is 2.25. The number of hydrogen-bond acceptors (Lipinski definition) is 5. The molecule has 0 spiro atoms. The average molecular weight is 470 g/mol.